The highest BCUT2D eigenvalue weighted by molar-refractivity contribution is 5.70. The number of carboxylic acid groups (broad SMARTS) is 1. The van der Waals surface area contributed by atoms with Crippen LogP contribution in [0.2, 0.25) is 0 Å². The minimum Gasteiger partial charge on any atom is -0.542 e. The number of carbonyl (C=O) groups is 1. The molecule has 2 aromatic rings. The third-order valence-corrected chi connectivity index (χ3v) is 3.12. The second-order valence-electron chi connectivity index (χ2n) is 5.32. The smallest absolute Gasteiger partial charge is 0.430 e. The zero-order chi connectivity index (χ0) is 22.3. The maximum absolute atomic E-state index is 10.5. The van der Waals surface area contributed by atoms with Crippen molar-refractivity contribution in [3.05, 3.63) is 54.1 Å². The van der Waals surface area contributed by atoms with Crippen LogP contribution >= 0.6 is 0 Å². The second-order valence-corrected chi connectivity index (χ2v) is 5.32. The number of hydrogen-bond donors (Lipinski definition) is 1. The van der Waals surface area contributed by atoms with Gasteiger partial charge in [0.1, 0.15) is 30.7 Å². The quantitative estimate of drug-likeness (QED) is 0.688. The molecular formula is C21H27F3NO4-. The van der Waals surface area contributed by atoms with Crippen molar-refractivity contribution in [1.82, 2.24) is 0 Å². The molecule has 5 nitrogen and oxygen atoms in total. The molecule has 0 aliphatic heterocycles. The average Bonchev–Trinajstić information content (AvgIpc) is 2.69. The van der Waals surface area contributed by atoms with Crippen LogP contribution in [-0.2, 0) is 4.79 Å². The highest BCUT2D eigenvalue weighted by atomic mass is 19.4. The van der Waals surface area contributed by atoms with Gasteiger partial charge in [-0.15, -0.1) is 0 Å². The molecule has 29 heavy (non-hydrogen) atoms. The van der Waals surface area contributed by atoms with Crippen LogP contribution in [-0.4, -0.2) is 31.9 Å². The predicted octanol–water partition coefficient (Wildman–Crippen LogP) is 4.21. The van der Waals surface area contributed by atoms with E-state index in [1.54, 1.807) is 0 Å². The van der Waals surface area contributed by atoms with Crippen molar-refractivity contribution in [3.8, 4) is 11.5 Å². The van der Waals surface area contributed by atoms with Crippen LogP contribution in [0.3, 0.4) is 0 Å². The molecule has 0 aliphatic rings. The normalized spacial score (nSPS) is 9.90. The molecule has 0 aromatic heterocycles. The van der Waals surface area contributed by atoms with E-state index in [4.69, 9.17) is 19.4 Å². The van der Waals surface area contributed by atoms with E-state index in [2.05, 4.69) is 19.2 Å². The summed E-state index contributed by atoms with van der Waals surface area (Å²) in [7, 11) is 0. The number of alkyl halides is 3. The van der Waals surface area contributed by atoms with Gasteiger partial charge in [-0.05, 0) is 38.1 Å². The van der Waals surface area contributed by atoms with Crippen molar-refractivity contribution in [2.75, 3.05) is 25.1 Å². The molecule has 0 heterocycles. The molecule has 0 radical (unpaired) electrons. The first kappa shape index (κ1) is 26.1. The lowest BCUT2D eigenvalue weighted by molar-refractivity contribution is -0.344. The number of halogens is 3. The van der Waals surface area contributed by atoms with Gasteiger partial charge in [0.15, 0.2) is 0 Å². The van der Waals surface area contributed by atoms with Crippen LogP contribution in [0, 0.1) is 6.92 Å². The summed E-state index contributed by atoms with van der Waals surface area (Å²) in [6, 6.07) is 16.0. The minimum atomic E-state index is -5.19. The van der Waals surface area contributed by atoms with Crippen LogP contribution in [0.25, 0.3) is 0 Å². The Labute approximate surface area is 169 Å². The minimum absolute atomic E-state index is 0.524. The molecule has 0 atom stereocenters. The van der Waals surface area contributed by atoms with E-state index >= 15 is 0 Å². The maximum atomic E-state index is 10.5. The first-order valence-corrected chi connectivity index (χ1v) is 9.17. The molecular weight excluding hydrogens is 387 g/mol. The molecule has 0 spiro atoms. The van der Waals surface area contributed by atoms with E-state index in [0.717, 1.165) is 23.7 Å². The van der Waals surface area contributed by atoms with Crippen molar-refractivity contribution in [1.29, 1.82) is 0 Å². The van der Waals surface area contributed by atoms with Crippen LogP contribution in [0.15, 0.2) is 48.5 Å². The van der Waals surface area contributed by atoms with Crippen LogP contribution in [0.5, 0.6) is 11.5 Å². The molecule has 0 saturated heterocycles. The third kappa shape index (κ3) is 11.5. The summed E-state index contributed by atoms with van der Waals surface area (Å²) in [6.07, 6.45) is -5.19. The number of rotatable bonds is 7. The van der Waals surface area contributed by atoms with Crippen LogP contribution in [0.4, 0.5) is 18.9 Å². The van der Waals surface area contributed by atoms with Crippen LogP contribution < -0.4 is 19.9 Å². The molecule has 0 bridgehead atoms. The molecule has 1 N–H and O–H groups in total. The summed E-state index contributed by atoms with van der Waals surface area (Å²) in [5.41, 5.74) is 2.25. The Hall–Kier alpha value is -2.90. The Bertz CT molecular complexity index is 704. The molecule has 8 heteroatoms. The van der Waals surface area contributed by atoms with E-state index in [1.165, 1.54) is 5.56 Å². The monoisotopic (exact) mass is 414 g/mol. The first-order chi connectivity index (χ1) is 13.7. The number of para-hydroxylation sites is 2. The summed E-state index contributed by atoms with van der Waals surface area (Å²) >= 11 is 0. The standard InChI is InChI=1S/C17H21NO2.C2HF3O2.C2H6/c1-3-18-16-6-4-5-7-17(16)20-13-12-19-15-10-8-14(2)9-11-15;3-2(4,5)1(6)7;1-2/h4-11,18H,3,12-13H2,1-2H3;(H,6,7);1-2H3/p-1. The van der Waals surface area contributed by atoms with Crippen molar-refractivity contribution in [3.63, 3.8) is 0 Å². The molecule has 2 rings (SSSR count). The van der Waals surface area contributed by atoms with Crippen molar-refractivity contribution in [2.45, 2.75) is 33.9 Å². The number of nitrogens with one attached hydrogen (secondary N) is 1. The number of ether oxygens (including phenoxy) is 2. The summed E-state index contributed by atoms with van der Waals surface area (Å²) in [4.78, 5) is 8.78. The summed E-state index contributed by atoms with van der Waals surface area (Å²) in [5.74, 6) is -1.27. The van der Waals surface area contributed by atoms with Gasteiger partial charge in [-0.25, -0.2) is 0 Å². The van der Waals surface area contributed by atoms with Gasteiger partial charge in [-0.3, -0.25) is 0 Å². The van der Waals surface area contributed by atoms with E-state index in [0.29, 0.717) is 13.2 Å². The zero-order valence-electron chi connectivity index (χ0n) is 17.0. The first-order valence-electron chi connectivity index (χ1n) is 9.17. The summed E-state index contributed by atoms with van der Waals surface area (Å²) in [5, 5.41) is 12.1. The number of benzene rings is 2. The van der Waals surface area contributed by atoms with Crippen molar-refractivity contribution >= 4 is 11.7 Å². The largest absolute Gasteiger partial charge is 0.542 e. The van der Waals surface area contributed by atoms with Gasteiger partial charge >= 0.3 is 6.18 Å². The molecule has 0 unspecified atom stereocenters. The Morgan fingerprint density at radius 3 is 2.03 bits per heavy atom. The van der Waals surface area contributed by atoms with E-state index < -0.39 is 12.1 Å². The van der Waals surface area contributed by atoms with Gasteiger partial charge in [0.05, 0.1) is 5.69 Å². The van der Waals surface area contributed by atoms with E-state index in [9.17, 15) is 13.2 Å². The lowest BCUT2D eigenvalue weighted by atomic mass is 10.2. The number of carbonyl (C=O) groups excluding carboxylic acids is 1. The molecule has 0 fully saturated rings. The van der Waals surface area contributed by atoms with Crippen molar-refractivity contribution < 1.29 is 32.5 Å². The molecule has 2 aromatic carbocycles. The number of carboxylic acids is 1. The average molecular weight is 414 g/mol. The van der Waals surface area contributed by atoms with Gasteiger partial charge in [0, 0.05) is 6.54 Å². The van der Waals surface area contributed by atoms with Gasteiger partial charge in [-0.2, -0.15) is 13.2 Å². The molecule has 0 saturated carbocycles. The van der Waals surface area contributed by atoms with E-state index in [-0.39, 0.29) is 0 Å². The Morgan fingerprint density at radius 1 is 1.00 bits per heavy atom. The van der Waals surface area contributed by atoms with Crippen LogP contribution in [0.1, 0.15) is 26.3 Å². The zero-order valence-corrected chi connectivity index (χ0v) is 17.0. The van der Waals surface area contributed by atoms with Crippen molar-refractivity contribution in [2.24, 2.45) is 0 Å². The Kier molecular flexibility index (Phi) is 12.7. The molecule has 0 amide bonds. The predicted molar refractivity (Wildman–Crippen MR) is 105 cm³/mol. The van der Waals surface area contributed by atoms with Gasteiger partial charge in [0.2, 0.25) is 0 Å². The number of aliphatic carboxylic acids is 1. The fraction of sp³-hybridized carbons (Fsp3) is 0.381. The Morgan fingerprint density at radius 2 is 1.52 bits per heavy atom. The number of aryl methyl sites for hydroxylation is 1. The maximum Gasteiger partial charge on any atom is 0.430 e. The Balaban J connectivity index is 0.000000740. The van der Waals surface area contributed by atoms with Gasteiger partial charge in [-0.1, -0.05) is 43.7 Å². The highest BCUT2D eigenvalue weighted by Gasteiger charge is 2.28. The molecule has 162 valence electrons. The topological polar surface area (TPSA) is 70.6 Å². The summed E-state index contributed by atoms with van der Waals surface area (Å²) < 4.78 is 42.9. The fourth-order valence-electron chi connectivity index (χ4n) is 1.87. The summed E-state index contributed by atoms with van der Waals surface area (Å²) in [6.45, 7) is 10.1. The third-order valence-electron chi connectivity index (χ3n) is 3.12. The second kappa shape index (κ2) is 14.1. The lowest BCUT2D eigenvalue weighted by Gasteiger charge is -2.12. The highest BCUT2D eigenvalue weighted by Crippen LogP contribution is 2.23. The van der Waals surface area contributed by atoms with Gasteiger partial charge < -0.3 is 24.7 Å². The number of hydrogen-bond acceptors (Lipinski definition) is 5. The van der Waals surface area contributed by atoms with Gasteiger partial charge in [0.25, 0.3) is 0 Å². The van der Waals surface area contributed by atoms with E-state index in [1.807, 2.05) is 62.4 Å². The lowest BCUT2D eigenvalue weighted by Crippen LogP contribution is -2.37. The SMILES string of the molecule is CC.CCNc1ccccc1OCCOc1ccc(C)cc1.O=C([O-])C(F)(F)F. The molecule has 0 aliphatic carbocycles. The number of anilines is 1. The fourth-order valence-corrected chi connectivity index (χ4v) is 1.87.